The molecule has 28 heavy (non-hydrogen) atoms. The summed E-state index contributed by atoms with van der Waals surface area (Å²) < 4.78 is 29.9. The quantitative estimate of drug-likeness (QED) is 0.519. The first-order valence-electron chi connectivity index (χ1n) is 10.2. The Morgan fingerprint density at radius 2 is 2.11 bits per heavy atom. The number of hydrogen-bond donors (Lipinski definition) is 2. The Morgan fingerprint density at radius 3 is 2.79 bits per heavy atom. The lowest BCUT2D eigenvalue weighted by atomic mass is 9.97. The molecule has 1 aromatic carbocycles. The van der Waals surface area contributed by atoms with Crippen LogP contribution in [0.2, 0.25) is 0 Å². The van der Waals surface area contributed by atoms with Crippen molar-refractivity contribution in [2.75, 3.05) is 26.2 Å². The molecule has 1 aromatic rings. The van der Waals surface area contributed by atoms with Crippen LogP contribution in [-0.2, 0) is 6.54 Å². The molecule has 5 nitrogen and oxygen atoms in total. The summed E-state index contributed by atoms with van der Waals surface area (Å²) in [5.74, 6) is 1.46. The van der Waals surface area contributed by atoms with Crippen LogP contribution in [0.4, 0.5) is 8.78 Å². The number of guanidine groups is 1. The van der Waals surface area contributed by atoms with Crippen LogP contribution in [0.5, 0.6) is 5.75 Å². The van der Waals surface area contributed by atoms with Crippen molar-refractivity contribution >= 4 is 5.96 Å². The second-order valence-electron chi connectivity index (χ2n) is 7.66. The highest BCUT2D eigenvalue weighted by Crippen LogP contribution is 2.23. The van der Waals surface area contributed by atoms with Crippen molar-refractivity contribution in [2.45, 2.75) is 59.7 Å². The van der Waals surface area contributed by atoms with Gasteiger partial charge in [0.25, 0.3) is 0 Å². The zero-order chi connectivity index (χ0) is 20.5. The maximum atomic E-state index is 12.6. The SMILES string of the molecule is CCNC(=NCc1cc(C)ccc1OC(F)F)NCC1CCCN(C(C)C)C1. The molecule has 0 aromatic heterocycles. The Hall–Kier alpha value is -1.89. The number of benzene rings is 1. The van der Waals surface area contributed by atoms with E-state index >= 15 is 0 Å². The van der Waals surface area contributed by atoms with Crippen molar-refractivity contribution < 1.29 is 13.5 Å². The predicted octanol–water partition coefficient (Wildman–Crippen LogP) is 3.77. The van der Waals surface area contributed by atoms with Gasteiger partial charge >= 0.3 is 6.61 Å². The largest absolute Gasteiger partial charge is 0.434 e. The van der Waals surface area contributed by atoms with Gasteiger partial charge in [-0.1, -0.05) is 17.7 Å². The van der Waals surface area contributed by atoms with Gasteiger partial charge in [0.1, 0.15) is 5.75 Å². The molecule has 158 valence electrons. The molecule has 0 spiro atoms. The lowest BCUT2D eigenvalue weighted by Crippen LogP contribution is -2.46. The number of nitrogens with zero attached hydrogens (tertiary/aromatic N) is 2. The normalized spacial score (nSPS) is 18.6. The summed E-state index contributed by atoms with van der Waals surface area (Å²) in [5, 5.41) is 6.66. The van der Waals surface area contributed by atoms with E-state index in [-0.39, 0.29) is 12.3 Å². The van der Waals surface area contributed by atoms with E-state index in [4.69, 9.17) is 0 Å². The number of aliphatic imine (C=N–C) groups is 1. The third-order valence-electron chi connectivity index (χ3n) is 5.02. The maximum Gasteiger partial charge on any atom is 0.387 e. The average molecular weight is 397 g/mol. The molecular formula is C21H34F2N4O. The number of nitrogens with one attached hydrogen (secondary N) is 2. The molecule has 0 radical (unpaired) electrons. The van der Waals surface area contributed by atoms with Crippen LogP contribution in [0.15, 0.2) is 23.2 Å². The molecule has 1 saturated heterocycles. The van der Waals surface area contributed by atoms with Gasteiger partial charge in [0.2, 0.25) is 0 Å². The Kier molecular flexibility index (Phi) is 8.96. The summed E-state index contributed by atoms with van der Waals surface area (Å²) >= 11 is 0. The fraction of sp³-hybridized carbons (Fsp3) is 0.667. The number of halogens is 2. The van der Waals surface area contributed by atoms with Crippen molar-refractivity contribution in [3.8, 4) is 5.75 Å². The summed E-state index contributed by atoms with van der Waals surface area (Å²) in [7, 11) is 0. The van der Waals surface area contributed by atoms with E-state index in [1.807, 2.05) is 19.9 Å². The van der Waals surface area contributed by atoms with Crippen LogP contribution < -0.4 is 15.4 Å². The molecule has 0 bridgehead atoms. The van der Waals surface area contributed by atoms with Crippen molar-refractivity contribution in [1.82, 2.24) is 15.5 Å². The van der Waals surface area contributed by atoms with E-state index in [0.717, 1.165) is 25.2 Å². The highest BCUT2D eigenvalue weighted by atomic mass is 19.3. The minimum Gasteiger partial charge on any atom is -0.434 e. The minimum atomic E-state index is -2.84. The average Bonchev–Trinajstić information content (AvgIpc) is 2.65. The van der Waals surface area contributed by atoms with E-state index in [2.05, 4.69) is 39.1 Å². The molecule has 1 fully saturated rings. The molecule has 0 aliphatic carbocycles. The fourth-order valence-corrected chi connectivity index (χ4v) is 3.52. The zero-order valence-electron chi connectivity index (χ0n) is 17.5. The Bertz CT molecular complexity index is 637. The first kappa shape index (κ1) is 22.4. The Morgan fingerprint density at radius 1 is 1.32 bits per heavy atom. The molecule has 7 heteroatoms. The second kappa shape index (κ2) is 11.2. The number of ether oxygens (including phenoxy) is 1. The summed E-state index contributed by atoms with van der Waals surface area (Å²) in [6.45, 7) is 9.70. The van der Waals surface area contributed by atoms with E-state index in [1.165, 1.54) is 19.4 Å². The number of alkyl halides is 2. The second-order valence-corrected chi connectivity index (χ2v) is 7.66. The van der Waals surface area contributed by atoms with Gasteiger partial charge < -0.3 is 20.3 Å². The first-order valence-corrected chi connectivity index (χ1v) is 10.2. The topological polar surface area (TPSA) is 48.9 Å². The highest BCUT2D eigenvalue weighted by molar-refractivity contribution is 5.79. The summed E-state index contributed by atoms with van der Waals surface area (Å²) in [4.78, 5) is 7.10. The standard InChI is InChI=1S/C21H34F2N4O/c1-5-24-21(25-12-17-7-6-10-27(14-17)15(2)3)26-13-18-11-16(4)8-9-19(18)28-20(22)23/h8-9,11,15,17,20H,5-7,10,12-14H2,1-4H3,(H2,24,25,26). The number of hydrogen-bond acceptors (Lipinski definition) is 3. The molecule has 2 rings (SSSR count). The maximum absolute atomic E-state index is 12.6. The number of rotatable bonds is 8. The zero-order valence-corrected chi connectivity index (χ0v) is 17.5. The number of likely N-dealkylation sites (tertiary alicyclic amines) is 1. The summed E-state index contributed by atoms with van der Waals surface area (Å²) in [5.41, 5.74) is 1.64. The third-order valence-corrected chi connectivity index (χ3v) is 5.02. The van der Waals surface area contributed by atoms with Gasteiger partial charge in [0, 0.05) is 31.2 Å². The van der Waals surface area contributed by atoms with Gasteiger partial charge in [0.15, 0.2) is 5.96 Å². The van der Waals surface area contributed by atoms with Crippen LogP contribution in [-0.4, -0.2) is 49.7 Å². The van der Waals surface area contributed by atoms with Crippen LogP contribution in [0.1, 0.15) is 44.7 Å². The molecule has 1 aliphatic heterocycles. The van der Waals surface area contributed by atoms with Crippen molar-refractivity contribution in [1.29, 1.82) is 0 Å². The third kappa shape index (κ3) is 7.26. The fourth-order valence-electron chi connectivity index (χ4n) is 3.52. The van der Waals surface area contributed by atoms with E-state index < -0.39 is 6.61 Å². The number of aryl methyl sites for hydroxylation is 1. The monoisotopic (exact) mass is 396 g/mol. The molecular weight excluding hydrogens is 362 g/mol. The molecule has 1 atom stereocenters. The Balaban J connectivity index is 1.99. The van der Waals surface area contributed by atoms with E-state index in [9.17, 15) is 8.78 Å². The summed E-state index contributed by atoms with van der Waals surface area (Å²) in [6, 6.07) is 5.75. The van der Waals surface area contributed by atoms with Crippen LogP contribution in [0.25, 0.3) is 0 Å². The Labute approximate surface area is 167 Å². The molecule has 0 saturated carbocycles. The van der Waals surface area contributed by atoms with Crippen LogP contribution in [0.3, 0.4) is 0 Å². The van der Waals surface area contributed by atoms with E-state index in [1.54, 1.807) is 12.1 Å². The smallest absolute Gasteiger partial charge is 0.387 e. The first-order chi connectivity index (χ1) is 13.4. The molecule has 1 aliphatic rings. The van der Waals surface area contributed by atoms with Gasteiger partial charge in [-0.15, -0.1) is 0 Å². The van der Waals surface area contributed by atoms with Gasteiger partial charge in [-0.05, 0) is 59.1 Å². The minimum absolute atomic E-state index is 0.181. The summed E-state index contributed by atoms with van der Waals surface area (Å²) in [6.07, 6.45) is 2.43. The van der Waals surface area contributed by atoms with Gasteiger partial charge in [0.05, 0.1) is 6.54 Å². The molecule has 2 N–H and O–H groups in total. The number of piperidine rings is 1. The molecule has 1 heterocycles. The lowest BCUT2D eigenvalue weighted by Gasteiger charge is -2.35. The van der Waals surface area contributed by atoms with Crippen LogP contribution in [0, 0.1) is 12.8 Å². The van der Waals surface area contributed by atoms with E-state index in [0.29, 0.717) is 23.5 Å². The van der Waals surface area contributed by atoms with Gasteiger partial charge in [-0.25, -0.2) is 4.99 Å². The van der Waals surface area contributed by atoms with Crippen molar-refractivity contribution in [3.05, 3.63) is 29.3 Å². The lowest BCUT2D eigenvalue weighted by molar-refractivity contribution is -0.0504. The van der Waals surface area contributed by atoms with Gasteiger partial charge in [-0.2, -0.15) is 8.78 Å². The van der Waals surface area contributed by atoms with Gasteiger partial charge in [-0.3, -0.25) is 0 Å². The van der Waals surface area contributed by atoms with Crippen molar-refractivity contribution in [3.63, 3.8) is 0 Å². The molecule has 0 amide bonds. The molecule has 1 unspecified atom stereocenters. The predicted molar refractivity (Wildman–Crippen MR) is 110 cm³/mol. The van der Waals surface area contributed by atoms with Crippen LogP contribution >= 0.6 is 0 Å². The van der Waals surface area contributed by atoms with Crippen molar-refractivity contribution in [2.24, 2.45) is 10.9 Å². The highest BCUT2D eigenvalue weighted by Gasteiger charge is 2.21.